The third kappa shape index (κ3) is 4.48. The molecule has 108 valence electrons. The highest BCUT2D eigenvalue weighted by Crippen LogP contribution is 2.19. The SMILES string of the molecule is CCC(NC)c1ccc(N(CCOC)C(C)C)cn1. The van der Waals surface area contributed by atoms with Crippen molar-refractivity contribution in [1.82, 2.24) is 10.3 Å². The molecule has 1 N–H and O–H groups in total. The van der Waals surface area contributed by atoms with Gasteiger partial charge in [0.2, 0.25) is 0 Å². The minimum atomic E-state index is 0.334. The maximum absolute atomic E-state index is 5.17. The average Bonchev–Trinajstić information content (AvgIpc) is 2.42. The van der Waals surface area contributed by atoms with Crippen LogP contribution in [0, 0.1) is 0 Å². The molecule has 0 bridgehead atoms. The number of hydrogen-bond donors (Lipinski definition) is 1. The summed E-state index contributed by atoms with van der Waals surface area (Å²) in [6.45, 7) is 8.15. The number of aromatic nitrogens is 1. The van der Waals surface area contributed by atoms with Crippen LogP contribution in [0.25, 0.3) is 0 Å². The van der Waals surface area contributed by atoms with E-state index in [1.807, 2.05) is 13.2 Å². The van der Waals surface area contributed by atoms with Crippen molar-refractivity contribution >= 4 is 5.69 Å². The molecule has 0 aliphatic carbocycles. The van der Waals surface area contributed by atoms with Crippen molar-refractivity contribution in [2.45, 2.75) is 39.3 Å². The number of anilines is 1. The first kappa shape index (κ1) is 15.9. The average molecular weight is 265 g/mol. The first-order chi connectivity index (χ1) is 9.13. The molecular weight excluding hydrogens is 238 g/mol. The lowest BCUT2D eigenvalue weighted by atomic mass is 10.1. The zero-order chi connectivity index (χ0) is 14.3. The second kappa shape index (κ2) is 8.12. The fourth-order valence-electron chi connectivity index (χ4n) is 2.21. The summed E-state index contributed by atoms with van der Waals surface area (Å²) in [5.41, 5.74) is 2.26. The molecule has 0 saturated heterocycles. The van der Waals surface area contributed by atoms with E-state index in [9.17, 15) is 0 Å². The number of methoxy groups -OCH3 is 1. The summed E-state index contributed by atoms with van der Waals surface area (Å²) in [7, 11) is 3.71. The van der Waals surface area contributed by atoms with Gasteiger partial charge in [-0.1, -0.05) is 6.92 Å². The third-order valence-electron chi connectivity index (χ3n) is 3.38. The molecule has 0 spiro atoms. The second-order valence-electron chi connectivity index (χ2n) is 4.97. The van der Waals surface area contributed by atoms with Crippen LogP contribution in [-0.4, -0.2) is 38.3 Å². The van der Waals surface area contributed by atoms with Crippen molar-refractivity contribution in [2.75, 3.05) is 32.2 Å². The molecule has 1 rings (SSSR count). The van der Waals surface area contributed by atoms with E-state index in [4.69, 9.17) is 4.74 Å². The standard InChI is InChI=1S/C15H27N3O/c1-6-14(16-4)15-8-7-13(11-17-15)18(12(2)3)9-10-19-5/h7-8,11-12,14,16H,6,9-10H2,1-5H3. The van der Waals surface area contributed by atoms with Gasteiger partial charge >= 0.3 is 0 Å². The first-order valence-electron chi connectivity index (χ1n) is 7.02. The van der Waals surface area contributed by atoms with E-state index in [2.05, 4.69) is 48.1 Å². The van der Waals surface area contributed by atoms with Gasteiger partial charge in [-0.2, -0.15) is 0 Å². The lowest BCUT2D eigenvalue weighted by molar-refractivity contribution is 0.204. The van der Waals surface area contributed by atoms with Gasteiger partial charge in [-0.25, -0.2) is 0 Å². The molecule has 4 nitrogen and oxygen atoms in total. The molecule has 0 saturated carbocycles. The summed E-state index contributed by atoms with van der Waals surface area (Å²) in [5.74, 6) is 0. The molecule has 0 aliphatic heterocycles. The molecule has 0 aromatic carbocycles. The molecule has 1 aromatic heterocycles. The first-order valence-corrected chi connectivity index (χ1v) is 7.02. The Labute approximate surface area is 117 Å². The van der Waals surface area contributed by atoms with E-state index in [-0.39, 0.29) is 0 Å². The number of ether oxygens (including phenoxy) is 1. The molecule has 0 amide bonds. The minimum absolute atomic E-state index is 0.334. The van der Waals surface area contributed by atoms with Crippen molar-refractivity contribution < 1.29 is 4.74 Å². The van der Waals surface area contributed by atoms with Crippen LogP contribution in [0.5, 0.6) is 0 Å². The molecule has 4 heteroatoms. The minimum Gasteiger partial charge on any atom is -0.383 e. The van der Waals surface area contributed by atoms with E-state index in [0.29, 0.717) is 12.1 Å². The topological polar surface area (TPSA) is 37.4 Å². The Kier molecular flexibility index (Phi) is 6.81. The van der Waals surface area contributed by atoms with Gasteiger partial charge in [0.15, 0.2) is 0 Å². The molecule has 1 aromatic rings. The van der Waals surface area contributed by atoms with Crippen LogP contribution < -0.4 is 10.2 Å². The highest BCUT2D eigenvalue weighted by molar-refractivity contribution is 5.45. The van der Waals surface area contributed by atoms with E-state index in [0.717, 1.165) is 31.0 Å². The monoisotopic (exact) mass is 265 g/mol. The Morgan fingerprint density at radius 3 is 2.53 bits per heavy atom. The van der Waals surface area contributed by atoms with Gasteiger partial charge in [0.1, 0.15) is 0 Å². The van der Waals surface area contributed by atoms with Crippen molar-refractivity contribution in [2.24, 2.45) is 0 Å². The van der Waals surface area contributed by atoms with Gasteiger partial charge in [-0.05, 0) is 39.4 Å². The number of rotatable bonds is 8. The molecule has 19 heavy (non-hydrogen) atoms. The predicted octanol–water partition coefficient (Wildman–Crippen LogP) is 2.61. The zero-order valence-electron chi connectivity index (χ0n) is 12.8. The third-order valence-corrected chi connectivity index (χ3v) is 3.38. The van der Waals surface area contributed by atoms with E-state index in [1.165, 1.54) is 0 Å². The lowest BCUT2D eigenvalue weighted by Gasteiger charge is -2.28. The second-order valence-corrected chi connectivity index (χ2v) is 4.97. The van der Waals surface area contributed by atoms with Crippen molar-refractivity contribution in [3.63, 3.8) is 0 Å². The lowest BCUT2D eigenvalue weighted by Crippen LogP contribution is -2.34. The molecular formula is C15H27N3O. The van der Waals surface area contributed by atoms with Gasteiger partial charge < -0.3 is 15.0 Å². The summed E-state index contributed by atoms with van der Waals surface area (Å²) < 4.78 is 5.17. The van der Waals surface area contributed by atoms with Gasteiger partial charge in [0.25, 0.3) is 0 Å². The fourth-order valence-corrected chi connectivity index (χ4v) is 2.21. The Morgan fingerprint density at radius 1 is 1.37 bits per heavy atom. The highest BCUT2D eigenvalue weighted by atomic mass is 16.5. The maximum Gasteiger partial charge on any atom is 0.0637 e. The van der Waals surface area contributed by atoms with Crippen LogP contribution in [0.1, 0.15) is 38.9 Å². The van der Waals surface area contributed by atoms with Crippen LogP contribution in [-0.2, 0) is 4.74 Å². The number of nitrogens with zero attached hydrogens (tertiary/aromatic N) is 2. The van der Waals surface area contributed by atoms with E-state index in [1.54, 1.807) is 7.11 Å². The fraction of sp³-hybridized carbons (Fsp3) is 0.667. The highest BCUT2D eigenvalue weighted by Gasteiger charge is 2.12. The van der Waals surface area contributed by atoms with E-state index < -0.39 is 0 Å². The summed E-state index contributed by atoms with van der Waals surface area (Å²) in [6.07, 6.45) is 3.01. The van der Waals surface area contributed by atoms with Crippen molar-refractivity contribution in [1.29, 1.82) is 0 Å². The van der Waals surface area contributed by atoms with Gasteiger partial charge in [-0.15, -0.1) is 0 Å². The summed E-state index contributed by atoms with van der Waals surface area (Å²) in [4.78, 5) is 6.89. The summed E-state index contributed by atoms with van der Waals surface area (Å²) >= 11 is 0. The normalized spacial score (nSPS) is 12.7. The molecule has 1 heterocycles. The predicted molar refractivity (Wildman–Crippen MR) is 80.7 cm³/mol. The molecule has 1 unspecified atom stereocenters. The summed E-state index contributed by atoms with van der Waals surface area (Å²) in [6, 6.07) is 5.04. The number of pyridine rings is 1. The quantitative estimate of drug-likeness (QED) is 0.784. The Hall–Kier alpha value is -1.13. The number of nitrogens with one attached hydrogen (secondary N) is 1. The van der Waals surface area contributed by atoms with Crippen LogP contribution in [0.4, 0.5) is 5.69 Å². The van der Waals surface area contributed by atoms with Crippen LogP contribution >= 0.6 is 0 Å². The molecule has 1 atom stereocenters. The molecule has 0 radical (unpaired) electrons. The van der Waals surface area contributed by atoms with Gasteiger partial charge in [0, 0.05) is 25.7 Å². The van der Waals surface area contributed by atoms with E-state index >= 15 is 0 Å². The van der Waals surface area contributed by atoms with Crippen LogP contribution in [0.3, 0.4) is 0 Å². The van der Waals surface area contributed by atoms with Gasteiger partial charge in [-0.3, -0.25) is 4.98 Å². The largest absolute Gasteiger partial charge is 0.383 e. The van der Waals surface area contributed by atoms with Gasteiger partial charge in [0.05, 0.1) is 24.2 Å². The Balaban J connectivity index is 2.82. The summed E-state index contributed by atoms with van der Waals surface area (Å²) in [5, 5.41) is 3.28. The molecule has 0 fully saturated rings. The Morgan fingerprint density at radius 2 is 2.11 bits per heavy atom. The maximum atomic E-state index is 5.17. The van der Waals surface area contributed by atoms with Crippen molar-refractivity contribution in [3.8, 4) is 0 Å². The number of hydrogen-bond acceptors (Lipinski definition) is 4. The smallest absolute Gasteiger partial charge is 0.0637 e. The van der Waals surface area contributed by atoms with Crippen LogP contribution in [0.2, 0.25) is 0 Å². The Bertz CT molecular complexity index is 347. The zero-order valence-corrected chi connectivity index (χ0v) is 12.8. The van der Waals surface area contributed by atoms with Crippen LogP contribution in [0.15, 0.2) is 18.3 Å². The molecule has 0 aliphatic rings. The van der Waals surface area contributed by atoms with Crippen molar-refractivity contribution in [3.05, 3.63) is 24.0 Å².